The number of alkyl halides is 3. The molecule has 1 amide bonds. The Hall–Kier alpha value is -2.51. The topological polar surface area (TPSA) is 41.6 Å². The predicted octanol–water partition coefficient (Wildman–Crippen LogP) is 4.76. The molecule has 0 saturated carbocycles. The van der Waals surface area contributed by atoms with Gasteiger partial charge in [-0.3, -0.25) is 4.79 Å². The Morgan fingerprint density at radius 3 is 2.39 bits per heavy atom. The number of hydrogen-bond donors (Lipinski definition) is 1. The van der Waals surface area contributed by atoms with Crippen LogP contribution in [0.3, 0.4) is 0 Å². The van der Waals surface area contributed by atoms with Crippen LogP contribution in [0.25, 0.3) is 5.57 Å². The van der Waals surface area contributed by atoms with E-state index in [1.165, 1.54) is 24.3 Å². The van der Waals surface area contributed by atoms with E-state index in [0.717, 1.165) is 0 Å². The number of para-hydroxylation sites is 1. The number of nitrogens with zero attached hydrogens (tertiary/aromatic N) is 1. The number of halogens is 4. The van der Waals surface area contributed by atoms with Gasteiger partial charge in [0.05, 0.1) is 35.2 Å². The number of ether oxygens (including phenoxy) is 1. The summed E-state index contributed by atoms with van der Waals surface area (Å²) in [6.45, 7) is 2.15. The highest BCUT2D eigenvalue weighted by Crippen LogP contribution is 2.36. The van der Waals surface area contributed by atoms with E-state index in [1.54, 1.807) is 24.3 Å². The number of benzene rings is 2. The van der Waals surface area contributed by atoms with Crippen LogP contribution in [-0.4, -0.2) is 38.4 Å². The normalized spacial score (nSPS) is 15.4. The van der Waals surface area contributed by atoms with E-state index in [4.69, 9.17) is 16.3 Å². The lowest BCUT2D eigenvalue weighted by molar-refractivity contribution is -0.112. The molecule has 148 valence electrons. The lowest BCUT2D eigenvalue weighted by atomic mass is 10.1. The summed E-state index contributed by atoms with van der Waals surface area (Å²) in [5, 5.41) is 2.94. The van der Waals surface area contributed by atoms with Gasteiger partial charge in [0.15, 0.2) is 0 Å². The molecule has 1 heterocycles. The zero-order chi connectivity index (χ0) is 20.1. The molecule has 1 N–H and O–H groups in total. The number of nitrogens with one attached hydrogen (secondary N) is 1. The molecule has 0 aliphatic carbocycles. The van der Waals surface area contributed by atoms with E-state index in [-0.39, 0.29) is 5.56 Å². The largest absolute Gasteiger partial charge is 0.417 e. The summed E-state index contributed by atoms with van der Waals surface area (Å²) in [5.74, 6) is -0.882. The number of carbonyl (C=O) groups excluding carboxylic acids is 1. The second-order valence-electron chi connectivity index (χ2n) is 6.15. The molecule has 3 rings (SSSR count). The molecule has 0 atom stereocenters. The van der Waals surface area contributed by atoms with Gasteiger partial charge in [0.2, 0.25) is 5.91 Å². The number of hydrogen-bond acceptors (Lipinski definition) is 3. The van der Waals surface area contributed by atoms with Crippen LogP contribution in [-0.2, 0) is 9.53 Å². The molecule has 8 heteroatoms. The molecular weight excluding hydrogens is 393 g/mol. The second-order valence-corrected chi connectivity index (χ2v) is 6.55. The number of allylic oxidation sites excluding steroid dienone is 1. The smallest absolute Gasteiger partial charge is 0.378 e. The van der Waals surface area contributed by atoms with Crippen molar-refractivity contribution in [3.8, 4) is 0 Å². The number of carbonyl (C=O) groups is 1. The van der Waals surface area contributed by atoms with Crippen LogP contribution in [0, 0.1) is 0 Å². The van der Waals surface area contributed by atoms with Crippen molar-refractivity contribution in [3.63, 3.8) is 0 Å². The maximum Gasteiger partial charge on any atom is 0.417 e. The van der Waals surface area contributed by atoms with Crippen molar-refractivity contribution in [1.29, 1.82) is 0 Å². The Morgan fingerprint density at radius 2 is 1.75 bits per heavy atom. The molecule has 4 nitrogen and oxygen atoms in total. The summed E-state index contributed by atoms with van der Waals surface area (Å²) in [6.07, 6.45) is -4.10. The van der Waals surface area contributed by atoms with Crippen LogP contribution < -0.4 is 10.2 Å². The summed E-state index contributed by atoms with van der Waals surface area (Å²) in [6, 6.07) is 12.1. The van der Waals surface area contributed by atoms with Crippen LogP contribution in [0.1, 0.15) is 5.56 Å². The van der Waals surface area contributed by atoms with Gasteiger partial charge < -0.3 is 15.0 Å². The van der Waals surface area contributed by atoms with E-state index >= 15 is 0 Å². The minimum Gasteiger partial charge on any atom is -0.378 e. The zero-order valence-electron chi connectivity index (χ0n) is 14.8. The average molecular weight is 411 g/mol. The summed E-state index contributed by atoms with van der Waals surface area (Å²) in [7, 11) is 0. The molecule has 2 aromatic rings. The summed E-state index contributed by atoms with van der Waals surface area (Å²) < 4.78 is 45.7. The summed E-state index contributed by atoms with van der Waals surface area (Å²) >= 11 is 6.29. The minimum atomic E-state index is -4.67. The van der Waals surface area contributed by atoms with Crippen LogP contribution >= 0.6 is 11.6 Å². The molecule has 1 aliphatic heterocycles. The monoisotopic (exact) mass is 410 g/mol. The Morgan fingerprint density at radius 1 is 1.07 bits per heavy atom. The standard InChI is InChI=1S/C20H18ClF3N2O2/c21-16-7-4-8-17(19(16)26-9-11-28-12-10-26)25-18(27)13-15(20(22,23)24)14-5-2-1-3-6-14/h1-8,13H,9-12H2,(H,25,27)/b15-13-. The molecule has 2 aromatic carbocycles. The molecule has 0 aromatic heterocycles. The molecule has 1 fully saturated rings. The van der Waals surface area contributed by atoms with Crippen LogP contribution in [0.5, 0.6) is 0 Å². The first-order valence-electron chi connectivity index (χ1n) is 8.63. The highest BCUT2D eigenvalue weighted by Gasteiger charge is 2.35. The van der Waals surface area contributed by atoms with Gasteiger partial charge >= 0.3 is 6.18 Å². The molecular formula is C20H18ClF3N2O2. The molecule has 28 heavy (non-hydrogen) atoms. The summed E-state index contributed by atoms with van der Waals surface area (Å²) in [5.41, 5.74) is -0.169. The first kappa shape index (κ1) is 20.2. The Labute approximate surface area is 165 Å². The van der Waals surface area contributed by atoms with Crippen molar-refractivity contribution in [2.24, 2.45) is 0 Å². The Balaban J connectivity index is 1.90. The Bertz CT molecular complexity index is 863. The first-order valence-corrected chi connectivity index (χ1v) is 9.00. The maximum atomic E-state index is 13.4. The fourth-order valence-electron chi connectivity index (χ4n) is 2.97. The average Bonchev–Trinajstić information content (AvgIpc) is 2.67. The number of amides is 1. The van der Waals surface area contributed by atoms with Crippen LogP contribution in [0.15, 0.2) is 54.6 Å². The van der Waals surface area contributed by atoms with Crippen molar-refractivity contribution in [1.82, 2.24) is 0 Å². The second kappa shape index (κ2) is 8.67. The number of morpholine rings is 1. The number of anilines is 2. The van der Waals surface area contributed by atoms with E-state index in [0.29, 0.717) is 48.8 Å². The fraction of sp³-hybridized carbons (Fsp3) is 0.250. The van der Waals surface area contributed by atoms with Crippen molar-refractivity contribution < 1.29 is 22.7 Å². The van der Waals surface area contributed by atoms with Gasteiger partial charge in [0.25, 0.3) is 0 Å². The van der Waals surface area contributed by atoms with E-state index < -0.39 is 17.7 Å². The molecule has 1 saturated heterocycles. The predicted molar refractivity (Wildman–Crippen MR) is 104 cm³/mol. The SMILES string of the molecule is O=C(/C=C(/c1ccccc1)C(F)(F)F)Nc1cccc(Cl)c1N1CCOCC1. The fourth-order valence-corrected chi connectivity index (χ4v) is 3.27. The zero-order valence-corrected chi connectivity index (χ0v) is 15.6. The third-order valence-corrected chi connectivity index (χ3v) is 4.54. The van der Waals surface area contributed by atoms with Gasteiger partial charge in [0, 0.05) is 19.2 Å². The lowest BCUT2D eigenvalue weighted by Gasteiger charge is -2.31. The molecule has 0 bridgehead atoms. The van der Waals surface area contributed by atoms with Crippen molar-refractivity contribution in [2.45, 2.75) is 6.18 Å². The van der Waals surface area contributed by atoms with Gasteiger partial charge in [-0.25, -0.2) is 0 Å². The van der Waals surface area contributed by atoms with E-state index in [9.17, 15) is 18.0 Å². The molecule has 0 radical (unpaired) electrons. The van der Waals surface area contributed by atoms with Gasteiger partial charge in [-0.2, -0.15) is 13.2 Å². The molecule has 1 aliphatic rings. The van der Waals surface area contributed by atoms with E-state index in [2.05, 4.69) is 5.32 Å². The van der Waals surface area contributed by atoms with Crippen molar-refractivity contribution >= 4 is 34.5 Å². The first-order chi connectivity index (χ1) is 13.4. The van der Waals surface area contributed by atoms with Gasteiger partial charge in [-0.05, 0) is 17.7 Å². The third-order valence-electron chi connectivity index (χ3n) is 4.24. The lowest BCUT2D eigenvalue weighted by Crippen LogP contribution is -2.37. The summed E-state index contributed by atoms with van der Waals surface area (Å²) in [4.78, 5) is 14.4. The van der Waals surface area contributed by atoms with Gasteiger partial charge in [-0.15, -0.1) is 0 Å². The minimum absolute atomic E-state index is 0.0790. The van der Waals surface area contributed by atoms with E-state index in [1.807, 2.05) is 4.90 Å². The Kier molecular flexibility index (Phi) is 6.26. The van der Waals surface area contributed by atoms with Gasteiger partial charge in [-0.1, -0.05) is 48.0 Å². The van der Waals surface area contributed by atoms with Crippen molar-refractivity contribution in [2.75, 3.05) is 36.5 Å². The third kappa shape index (κ3) is 4.85. The van der Waals surface area contributed by atoms with Crippen molar-refractivity contribution in [3.05, 3.63) is 65.2 Å². The van der Waals surface area contributed by atoms with Crippen LogP contribution in [0.2, 0.25) is 5.02 Å². The maximum absolute atomic E-state index is 13.4. The highest BCUT2D eigenvalue weighted by atomic mass is 35.5. The molecule has 0 spiro atoms. The number of rotatable bonds is 4. The molecule has 0 unspecified atom stereocenters. The quantitative estimate of drug-likeness (QED) is 0.739. The van der Waals surface area contributed by atoms with Crippen LogP contribution in [0.4, 0.5) is 24.5 Å². The highest BCUT2D eigenvalue weighted by molar-refractivity contribution is 6.34. The van der Waals surface area contributed by atoms with Gasteiger partial charge in [0.1, 0.15) is 0 Å².